The van der Waals surface area contributed by atoms with Crippen LogP contribution in [-0.4, -0.2) is 6.71 Å². The maximum absolute atomic E-state index is 2.71. The second kappa shape index (κ2) is 17.4. The van der Waals surface area contributed by atoms with Crippen LogP contribution in [0.1, 0.15) is 156 Å². The first-order valence-electron chi connectivity index (χ1n) is 28.3. The summed E-state index contributed by atoms with van der Waals surface area (Å²) in [6.07, 6.45) is 4.63. The highest BCUT2D eigenvalue weighted by Crippen LogP contribution is 2.55. The van der Waals surface area contributed by atoms with Crippen molar-refractivity contribution in [1.29, 1.82) is 0 Å². The number of anilines is 9. The van der Waals surface area contributed by atoms with Crippen LogP contribution in [0, 0.1) is 0 Å². The second-order valence-corrected chi connectivity index (χ2v) is 27.6. The van der Waals surface area contributed by atoms with Crippen molar-refractivity contribution in [3.05, 3.63) is 203 Å². The molecule has 0 aromatic heterocycles. The van der Waals surface area contributed by atoms with E-state index in [0.717, 1.165) is 36.3 Å². The molecule has 0 spiro atoms. The predicted molar refractivity (Wildman–Crippen MR) is 329 cm³/mol. The first-order valence-corrected chi connectivity index (χ1v) is 28.3. The van der Waals surface area contributed by atoms with Crippen molar-refractivity contribution < 1.29 is 0 Å². The van der Waals surface area contributed by atoms with Crippen molar-refractivity contribution in [3.8, 4) is 11.1 Å². The van der Waals surface area contributed by atoms with Gasteiger partial charge in [-0.3, -0.25) is 0 Å². The van der Waals surface area contributed by atoms with E-state index in [-0.39, 0.29) is 39.2 Å². The molecule has 12 rings (SSSR count). The molecule has 2 aliphatic carbocycles. The van der Waals surface area contributed by atoms with Crippen LogP contribution < -0.4 is 31.1 Å². The third-order valence-electron chi connectivity index (χ3n) is 18.5. The predicted octanol–water partition coefficient (Wildman–Crippen LogP) is 18.2. The van der Waals surface area contributed by atoms with Gasteiger partial charge in [0.2, 0.25) is 0 Å². The molecular weight excluding hydrogens is 918 g/mol. The highest BCUT2D eigenvalue weighted by molar-refractivity contribution is 7.00. The molecule has 8 aromatic carbocycles. The molecule has 2 aliphatic heterocycles. The molecule has 384 valence electrons. The van der Waals surface area contributed by atoms with E-state index >= 15 is 0 Å². The fourth-order valence-electron chi connectivity index (χ4n) is 13.5. The molecule has 76 heavy (non-hydrogen) atoms. The van der Waals surface area contributed by atoms with Gasteiger partial charge in [-0.2, -0.15) is 0 Å². The summed E-state index contributed by atoms with van der Waals surface area (Å²) in [4.78, 5) is 7.88. The monoisotopic (exact) mass is 996 g/mol. The third-order valence-corrected chi connectivity index (χ3v) is 18.5. The fraction of sp³-hybridized carbons (Fsp3) is 0.333. The molecule has 0 amide bonds. The minimum absolute atomic E-state index is 0.00800. The van der Waals surface area contributed by atoms with Crippen LogP contribution in [-0.2, 0) is 32.5 Å². The van der Waals surface area contributed by atoms with Crippen LogP contribution in [0.3, 0.4) is 0 Å². The average molecular weight is 996 g/mol. The van der Waals surface area contributed by atoms with Crippen molar-refractivity contribution in [2.24, 2.45) is 0 Å². The van der Waals surface area contributed by atoms with E-state index in [1.165, 1.54) is 101 Å². The topological polar surface area (TPSA) is 9.72 Å². The highest BCUT2D eigenvalue weighted by Gasteiger charge is 2.48. The number of hydrogen-bond donors (Lipinski definition) is 0. The first kappa shape index (κ1) is 50.1. The Bertz CT molecular complexity index is 3530. The minimum atomic E-state index is -0.0888. The smallest absolute Gasteiger partial charge is 0.252 e. The van der Waals surface area contributed by atoms with Crippen LogP contribution in [0.4, 0.5) is 51.2 Å². The Morgan fingerprint density at radius 2 is 0.855 bits per heavy atom. The highest BCUT2D eigenvalue weighted by atomic mass is 15.2. The van der Waals surface area contributed by atoms with Gasteiger partial charge < -0.3 is 14.7 Å². The summed E-state index contributed by atoms with van der Waals surface area (Å²) in [7, 11) is 0. The summed E-state index contributed by atoms with van der Waals surface area (Å²) in [6.45, 7) is 33.9. The SMILES string of the molecule is CC(C)(C)c1ccc(N2c3cc(C(C)(C)C)ccc3B3c4cc5c(cc4N(c4ccc6c(c4)C(C)(C)CCC6(C)C)c4cc(N(c6ccccc6)c6ccccc6)cc2c43)C(C)(C)CCC5(C)C)c(-c2ccccc2)c1. The van der Waals surface area contributed by atoms with Gasteiger partial charge in [0.25, 0.3) is 6.71 Å². The van der Waals surface area contributed by atoms with E-state index in [2.05, 4.69) is 281 Å². The lowest BCUT2D eigenvalue weighted by Crippen LogP contribution is -2.62. The maximum Gasteiger partial charge on any atom is 0.252 e. The van der Waals surface area contributed by atoms with Crippen LogP contribution in [0.5, 0.6) is 0 Å². The van der Waals surface area contributed by atoms with E-state index in [1.54, 1.807) is 0 Å². The Morgan fingerprint density at radius 1 is 0.382 bits per heavy atom. The number of nitrogens with zero attached hydrogens (tertiary/aromatic N) is 3. The van der Waals surface area contributed by atoms with Crippen molar-refractivity contribution >= 4 is 74.3 Å². The van der Waals surface area contributed by atoms with Crippen molar-refractivity contribution in [3.63, 3.8) is 0 Å². The van der Waals surface area contributed by atoms with Gasteiger partial charge in [-0.25, -0.2) is 0 Å². The molecule has 0 unspecified atom stereocenters. The summed E-state index contributed by atoms with van der Waals surface area (Å²) in [5, 5.41) is 0. The number of hydrogen-bond acceptors (Lipinski definition) is 3. The molecule has 0 N–H and O–H groups in total. The van der Waals surface area contributed by atoms with Crippen LogP contribution in [0.15, 0.2) is 170 Å². The lowest BCUT2D eigenvalue weighted by molar-refractivity contribution is 0.332. The molecule has 8 aromatic rings. The Hall–Kier alpha value is -6.78. The van der Waals surface area contributed by atoms with Gasteiger partial charge in [-0.1, -0.05) is 194 Å². The van der Waals surface area contributed by atoms with E-state index in [0.29, 0.717) is 0 Å². The third kappa shape index (κ3) is 8.15. The zero-order chi connectivity index (χ0) is 53.5. The van der Waals surface area contributed by atoms with Gasteiger partial charge in [0.05, 0.1) is 11.4 Å². The Labute approximate surface area is 456 Å². The lowest BCUT2D eigenvalue weighted by atomic mass is 9.33. The zero-order valence-corrected chi connectivity index (χ0v) is 47.9. The van der Waals surface area contributed by atoms with E-state index < -0.39 is 0 Å². The molecule has 4 heteroatoms. The van der Waals surface area contributed by atoms with E-state index in [1.807, 2.05) is 0 Å². The van der Waals surface area contributed by atoms with Gasteiger partial charge in [0.15, 0.2) is 0 Å². The van der Waals surface area contributed by atoms with Crippen molar-refractivity contribution in [1.82, 2.24) is 0 Å². The summed E-state index contributed by atoms with van der Waals surface area (Å²) < 4.78 is 0. The average Bonchev–Trinajstić information content (AvgIpc) is 3.52. The number of para-hydroxylation sites is 2. The van der Waals surface area contributed by atoms with Crippen LogP contribution in [0.25, 0.3) is 11.1 Å². The van der Waals surface area contributed by atoms with Crippen LogP contribution in [0.2, 0.25) is 0 Å². The van der Waals surface area contributed by atoms with Crippen molar-refractivity contribution in [2.75, 3.05) is 14.7 Å². The molecule has 0 radical (unpaired) electrons. The van der Waals surface area contributed by atoms with Gasteiger partial charge in [0.1, 0.15) is 0 Å². The molecular formula is C72H78BN3. The fourth-order valence-corrected chi connectivity index (χ4v) is 13.5. The van der Waals surface area contributed by atoms with Gasteiger partial charge >= 0.3 is 0 Å². The zero-order valence-electron chi connectivity index (χ0n) is 47.9. The van der Waals surface area contributed by atoms with E-state index in [9.17, 15) is 0 Å². The number of rotatable bonds is 6. The standard InChI is InChI=1S/C72H78BN3/c1-67(2,3)48-31-35-61(54(40-48)47-24-18-15-19-25-47)76-62-41-49(68(4,5)6)30-34-59(62)73-60-45-57-58(72(13,14)39-38-71(57,11)12)46-63(60)75(52-32-33-55-56(42-52)70(9,10)37-36-69(55,7)8)64-43-53(44-65(76)66(64)73)74(50-26-20-16-21-27-50)51-28-22-17-23-29-51/h15-35,40-46H,36-39H2,1-14H3. The molecule has 0 saturated carbocycles. The minimum Gasteiger partial charge on any atom is -0.311 e. The summed E-state index contributed by atoms with van der Waals surface area (Å²) in [6, 6.07) is 66.0. The van der Waals surface area contributed by atoms with E-state index in [4.69, 9.17) is 0 Å². The molecule has 0 fully saturated rings. The molecule has 3 nitrogen and oxygen atoms in total. The molecule has 2 heterocycles. The Balaban J connectivity index is 1.27. The summed E-state index contributed by atoms with van der Waals surface area (Å²) >= 11 is 0. The summed E-state index contributed by atoms with van der Waals surface area (Å²) in [5.41, 5.74) is 25.8. The number of fused-ring (bicyclic) bond motifs is 6. The van der Waals surface area contributed by atoms with Gasteiger partial charge in [-0.05, 0) is 186 Å². The van der Waals surface area contributed by atoms with Gasteiger partial charge in [-0.15, -0.1) is 0 Å². The Morgan fingerprint density at radius 3 is 1.42 bits per heavy atom. The molecule has 0 bridgehead atoms. The molecule has 0 atom stereocenters. The summed E-state index contributed by atoms with van der Waals surface area (Å²) in [5.74, 6) is 0. The molecule has 4 aliphatic rings. The quantitative estimate of drug-likeness (QED) is 0.154. The number of benzene rings is 8. The van der Waals surface area contributed by atoms with Crippen molar-refractivity contribution in [2.45, 2.75) is 155 Å². The Kier molecular flexibility index (Phi) is 11.4. The lowest BCUT2D eigenvalue weighted by Gasteiger charge is -2.48. The second-order valence-electron chi connectivity index (χ2n) is 27.6. The van der Waals surface area contributed by atoms with Gasteiger partial charge in [0, 0.05) is 45.4 Å². The maximum atomic E-state index is 2.71. The largest absolute Gasteiger partial charge is 0.311 e. The molecule has 0 saturated heterocycles. The first-order chi connectivity index (χ1) is 35.9. The normalized spacial score (nSPS) is 17.5. The van der Waals surface area contributed by atoms with Crippen LogP contribution >= 0.6 is 0 Å².